The summed E-state index contributed by atoms with van der Waals surface area (Å²) in [6.45, 7) is 0. The Hall–Kier alpha value is -3.23. The van der Waals surface area contributed by atoms with Crippen LogP contribution in [-0.4, -0.2) is 34.6 Å². The van der Waals surface area contributed by atoms with Gasteiger partial charge in [-0.05, 0) is 29.0 Å². The van der Waals surface area contributed by atoms with Crippen LogP contribution in [0.2, 0.25) is 0 Å². The van der Waals surface area contributed by atoms with E-state index in [0.717, 1.165) is 33.8 Å². The van der Waals surface area contributed by atoms with Crippen molar-refractivity contribution in [1.82, 2.24) is 14.2 Å². The van der Waals surface area contributed by atoms with Gasteiger partial charge < -0.3 is 0 Å². The maximum atomic E-state index is 12.7. The first-order chi connectivity index (χ1) is 15.0. The Bertz CT molecular complexity index is 1330. The van der Waals surface area contributed by atoms with Crippen LogP contribution in [-0.2, 0) is 10.0 Å². The van der Waals surface area contributed by atoms with E-state index in [4.69, 9.17) is 5.10 Å². The highest BCUT2D eigenvalue weighted by molar-refractivity contribution is 7.88. The molecule has 4 aromatic rings. The summed E-state index contributed by atoms with van der Waals surface area (Å²) in [7, 11) is -3.57. The minimum Gasteiger partial charge on any atom is -0.240 e. The first-order valence-corrected chi connectivity index (χ1v) is 12.6. The molecule has 0 spiro atoms. The van der Waals surface area contributed by atoms with Crippen molar-refractivity contribution in [3.8, 4) is 16.9 Å². The molecular weight excluding hydrogens is 428 g/mol. The number of hydrazone groups is 1. The molecule has 3 heterocycles. The van der Waals surface area contributed by atoms with Gasteiger partial charge >= 0.3 is 0 Å². The lowest BCUT2D eigenvalue weighted by molar-refractivity contribution is 0.375. The first-order valence-electron chi connectivity index (χ1n) is 9.80. The molecule has 8 heteroatoms. The molecule has 1 atom stereocenters. The molecule has 0 saturated heterocycles. The third-order valence-electron chi connectivity index (χ3n) is 5.24. The van der Waals surface area contributed by atoms with Gasteiger partial charge in [0.25, 0.3) is 0 Å². The van der Waals surface area contributed by atoms with E-state index in [1.165, 1.54) is 10.7 Å². The lowest BCUT2D eigenvalue weighted by Crippen LogP contribution is -2.26. The molecule has 0 aliphatic carbocycles. The molecule has 0 amide bonds. The Morgan fingerprint density at radius 2 is 1.68 bits per heavy atom. The van der Waals surface area contributed by atoms with Gasteiger partial charge in [-0.1, -0.05) is 48.5 Å². The summed E-state index contributed by atoms with van der Waals surface area (Å²) in [6, 6.07) is 21.2. The Balaban J connectivity index is 1.65. The lowest BCUT2D eigenvalue weighted by Gasteiger charge is -2.21. The average Bonchev–Trinajstić information content (AvgIpc) is 3.53. The number of aromatic nitrogens is 2. The average molecular weight is 449 g/mol. The highest BCUT2D eigenvalue weighted by Gasteiger charge is 2.37. The molecule has 2 aromatic carbocycles. The first kappa shape index (κ1) is 19.7. The van der Waals surface area contributed by atoms with E-state index in [1.54, 1.807) is 16.0 Å². The van der Waals surface area contributed by atoms with E-state index in [9.17, 15) is 8.42 Å². The Morgan fingerprint density at radius 1 is 0.968 bits per heavy atom. The van der Waals surface area contributed by atoms with E-state index >= 15 is 0 Å². The minimum atomic E-state index is -3.57. The molecule has 0 fully saturated rings. The number of hydrogen-bond donors (Lipinski definition) is 0. The number of sulfonamides is 1. The Labute approximate surface area is 185 Å². The van der Waals surface area contributed by atoms with Gasteiger partial charge in [-0.2, -0.15) is 26.0 Å². The quantitative estimate of drug-likeness (QED) is 0.444. The summed E-state index contributed by atoms with van der Waals surface area (Å²) in [4.78, 5) is 0. The van der Waals surface area contributed by atoms with Crippen LogP contribution >= 0.6 is 11.3 Å². The zero-order valence-electron chi connectivity index (χ0n) is 16.8. The van der Waals surface area contributed by atoms with Gasteiger partial charge in [-0.25, -0.2) is 13.1 Å². The van der Waals surface area contributed by atoms with Crippen molar-refractivity contribution in [3.05, 3.63) is 94.8 Å². The lowest BCUT2D eigenvalue weighted by atomic mass is 9.98. The number of thiophene rings is 1. The minimum absolute atomic E-state index is 0.461. The Kier molecular flexibility index (Phi) is 4.95. The van der Waals surface area contributed by atoms with Gasteiger partial charge in [0.05, 0.1) is 29.4 Å². The molecular formula is C23H20N4O2S2. The zero-order chi connectivity index (χ0) is 21.4. The zero-order valence-corrected chi connectivity index (χ0v) is 18.4. The van der Waals surface area contributed by atoms with E-state index in [2.05, 4.69) is 5.10 Å². The summed E-state index contributed by atoms with van der Waals surface area (Å²) < 4.78 is 28.3. The van der Waals surface area contributed by atoms with E-state index in [0.29, 0.717) is 6.42 Å². The number of benzene rings is 2. The SMILES string of the molecule is CS(=O)(=O)N1N=C(c2ccsc2)C[C@@H]1c1cn(-c2ccccc2)nc1-c1ccccc1. The molecule has 0 radical (unpaired) electrons. The van der Waals surface area contributed by atoms with Gasteiger partial charge in [0.2, 0.25) is 10.0 Å². The van der Waals surface area contributed by atoms with Crippen molar-refractivity contribution in [2.45, 2.75) is 12.5 Å². The molecule has 1 aliphatic heterocycles. The van der Waals surface area contributed by atoms with Gasteiger partial charge in [0.1, 0.15) is 0 Å². The van der Waals surface area contributed by atoms with E-state index < -0.39 is 16.1 Å². The van der Waals surface area contributed by atoms with Crippen molar-refractivity contribution in [3.63, 3.8) is 0 Å². The monoisotopic (exact) mass is 448 g/mol. The summed E-state index contributed by atoms with van der Waals surface area (Å²) in [5.74, 6) is 0. The molecule has 2 aromatic heterocycles. The predicted octanol–water partition coefficient (Wildman–Crippen LogP) is 4.71. The van der Waals surface area contributed by atoms with E-state index in [1.807, 2.05) is 83.7 Å². The van der Waals surface area contributed by atoms with Crippen LogP contribution in [0.5, 0.6) is 0 Å². The normalized spacial score (nSPS) is 16.5. The standard InChI is InChI=1S/C23H20N4O2S2/c1-31(28,29)27-22(14-21(24-27)18-12-13-30-16-18)20-15-26(19-10-6-3-7-11-19)25-23(20)17-8-4-2-5-9-17/h2-13,15-16,22H,14H2,1H3/t22-/m1/s1. The van der Waals surface area contributed by atoms with Crippen molar-refractivity contribution in [2.24, 2.45) is 5.10 Å². The van der Waals surface area contributed by atoms with Crippen LogP contribution in [0.25, 0.3) is 16.9 Å². The van der Waals surface area contributed by atoms with Crippen LogP contribution in [0.15, 0.2) is 88.8 Å². The molecule has 0 unspecified atom stereocenters. The van der Waals surface area contributed by atoms with E-state index in [-0.39, 0.29) is 0 Å². The highest BCUT2D eigenvalue weighted by Crippen LogP contribution is 2.39. The molecule has 1 aliphatic rings. The second-order valence-corrected chi connectivity index (χ2v) is 10.0. The fraction of sp³-hybridized carbons (Fsp3) is 0.130. The summed E-state index contributed by atoms with van der Waals surface area (Å²) >= 11 is 1.57. The van der Waals surface area contributed by atoms with Crippen LogP contribution in [0.1, 0.15) is 23.6 Å². The van der Waals surface area contributed by atoms with Crippen LogP contribution in [0.3, 0.4) is 0 Å². The number of nitrogens with zero attached hydrogens (tertiary/aromatic N) is 4. The van der Waals surface area contributed by atoms with Crippen LogP contribution in [0, 0.1) is 0 Å². The summed E-state index contributed by atoms with van der Waals surface area (Å²) in [5.41, 5.74) is 5.15. The van der Waals surface area contributed by atoms with Gasteiger partial charge in [-0.3, -0.25) is 0 Å². The predicted molar refractivity (Wildman–Crippen MR) is 124 cm³/mol. The topological polar surface area (TPSA) is 67.6 Å². The van der Waals surface area contributed by atoms with Crippen molar-refractivity contribution in [2.75, 3.05) is 6.26 Å². The fourth-order valence-electron chi connectivity index (χ4n) is 3.79. The van der Waals surface area contributed by atoms with Crippen LogP contribution in [0.4, 0.5) is 0 Å². The maximum absolute atomic E-state index is 12.7. The number of para-hydroxylation sites is 1. The highest BCUT2D eigenvalue weighted by atomic mass is 32.2. The third kappa shape index (κ3) is 3.80. The maximum Gasteiger partial charge on any atom is 0.247 e. The second kappa shape index (κ2) is 7.79. The van der Waals surface area contributed by atoms with Crippen LogP contribution < -0.4 is 0 Å². The molecule has 0 bridgehead atoms. The van der Waals surface area contributed by atoms with Crippen molar-refractivity contribution < 1.29 is 8.42 Å². The fourth-order valence-corrected chi connectivity index (χ4v) is 5.36. The molecule has 5 rings (SSSR count). The number of hydrogen-bond acceptors (Lipinski definition) is 5. The largest absolute Gasteiger partial charge is 0.247 e. The number of rotatable bonds is 5. The third-order valence-corrected chi connectivity index (χ3v) is 6.94. The van der Waals surface area contributed by atoms with Gasteiger partial charge in [0.15, 0.2) is 0 Å². The molecule has 0 saturated carbocycles. The summed E-state index contributed by atoms with van der Waals surface area (Å²) in [6.07, 6.45) is 3.61. The molecule has 156 valence electrons. The van der Waals surface area contributed by atoms with Gasteiger partial charge in [0, 0.05) is 29.3 Å². The molecule has 6 nitrogen and oxygen atoms in total. The smallest absolute Gasteiger partial charge is 0.240 e. The summed E-state index contributed by atoms with van der Waals surface area (Å²) in [5, 5.41) is 13.3. The van der Waals surface area contributed by atoms with Gasteiger partial charge in [-0.15, -0.1) is 0 Å². The van der Waals surface area contributed by atoms with Crippen molar-refractivity contribution >= 4 is 27.1 Å². The van der Waals surface area contributed by atoms with Crippen molar-refractivity contribution in [1.29, 1.82) is 0 Å². The molecule has 31 heavy (non-hydrogen) atoms. The second-order valence-electron chi connectivity index (χ2n) is 7.39. The Morgan fingerprint density at radius 3 is 2.32 bits per heavy atom. The molecule has 0 N–H and O–H groups in total.